The van der Waals surface area contributed by atoms with E-state index in [0.29, 0.717) is 0 Å². The highest BCUT2D eigenvalue weighted by atomic mass is 15.3. The lowest BCUT2D eigenvalue weighted by atomic mass is 9.93. The van der Waals surface area contributed by atoms with E-state index in [2.05, 4.69) is 23.6 Å². The van der Waals surface area contributed by atoms with Crippen molar-refractivity contribution < 1.29 is 0 Å². The average Bonchev–Trinajstić information content (AvgIpc) is 2.91. The van der Waals surface area contributed by atoms with Crippen molar-refractivity contribution in [1.82, 2.24) is 9.80 Å². The van der Waals surface area contributed by atoms with Crippen LogP contribution in [0.2, 0.25) is 0 Å². The van der Waals surface area contributed by atoms with Crippen LogP contribution in [-0.2, 0) is 0 Å². The molecule has 0 radical (unpaired) electrons. The van der Waals surface area contributed by atoms with Gasteiger partial charge in [0.1, 0.15) is 0 Å². The molecule has 3 aliphatic rings. The van der Waals surface area contributed by atoms with Crippen molar-refractivity contribution in [1.29, 1.82) is 0 Å². The highest BCUT2D eigenvalue weighted by molar-refractivity contribution is 4.96. The van der Waals surface area contributed by atoms with Crippen LogP contribution in [-0.4, -0.2) is 48.6 Å². The van der Waals surface area contributed by atoms with Gasteiger partial charge in [-0.1, -0.05) is 20.3 Å². The van der Waals surface area contributed by atoms with Crippen LogP contribution in [0, 0.1) is 17.8 Å². The van der Waals surface area contributed by atoms with Crippen molar-refractivity contribution in [3.63, 3.8) is 0 Å². The van der Waals surface area contributed by atoms with Gasteiger partial charge in [0.05, 0.1) is 0 Å². The van der Waals surface area contributed by atoms with Gasteiger partial charge in [0.2, 0.25) is 0 Å². The van der Waals surface area contributed by atoms with Crippen LogP contribution in [0.4, 0.5) is 0 Å². The first-order valence-electron chi connectivity index (χ1n) is 7.69. The Morgan fingerprint density at radius 2 is 1.76 bits per heavy atom. The molecule has 17 heavy (non-hydrogen) atoms. The van der Waals surface area contributed by atoms with Gasteiger partial charge < -0.3 is 4.90 Å². The summed E-state index contributed by atoms with van der Waals surface area (Å²) in [6.07, 6.45) is 6.14. The van der Waals surface area contributed by atoms with Gasteiger partial charge in [0, 0.05) is 38.8 Å². The SMILES string of the molecule is CC(C)CN1CCN(C2CC3CCC2C3)CC1. The molecule has 0 spiro atoms. The Balaban J connectivity index is 1.48. The third-order valence-corrected chi connectivity index (χ3v) is 5.20. The molecule has 2 nitrogen and oxygen atoms in total. The molecule has 0 N–H and O–H groups in total. The summed E-state index contributed by atoms with van der Waals surface area (Å²) in [5, 5.41) is 0. The van der Waals surface area contributed by atoms with Crippen molar-refractivity contribution in [2.45, 2.75) is 45.6 Å². The second-order valence-corrected chi connectivity index (χ2v) is 6.97. The van der Waals surface area contributed by atoms with E-state index in [9.17, 15) is 0 Å². The zero-order valence-electron chi connectivity index (χ0n) is 11.6. The first-order valence-corrected chi connectivity index (χ1v) is 7.69. The Morgan fingerprint density at radius 3 is 2.29 bits per heavy atom. The maximum atomic E-state index is 2.82. The van der Waals surface area contributed by atoms with Gasteiger partial charge in [0.15, 0.2) is 0 Å². The number of nitrogens with zero attached hydrogens (tertiary/aromatic N) is 2. The van der Waals surface area contributed by atoms with Crippen molar-refractivity contribution in [3.05, 3.63) is 0 Å². The fourth-order valence-electron chi connectivity index (χ4n) is 4.45. The summed E-state index contributed by atoms with van der Waals surface area (Å²) in [5.41, 5.74) is 0. The van der Waals surface area contributed by atoms with E-state index < -0.39 is 0 Å². The summed E-state index contributed by atoms with van der Waals surface area (Å²) in [7, 11) is 0. The first-order chi connectivity index (χ1) is 8.22. The van der Waals surface area contributed by atoms with Gasteiger partial charge >= 0.3 is 0 Å². The number of fused-ring (bicyclic) bond motifs is 2. The molecule has 98 valence electrons. The maximum absolute atomic E-state index is 2.82. The molecule has 3 atom stereocenters. The highest BCUT2D eigenvalue weighted by Gasteiger charge is 2.42. The fourth-order valence-corrected chi connectivity index (χ4v) is 4.45. The van der Waals surface area contributed by atoms with Gasteiger partial charge in [-0.05, 0) is 37.0 Å². The molecule has 3 fully saturated rings. The van der Waals surface area contributed by atoms with E-state index in [1.165, 1.54) is 52.0 Å². The van der Waals surface area contributed by atoms with Crippen LogP contribution in [0.3, 0.4) is 0 Å². The summed E-state index contributed by atoms with van der Waals surface area (Å²) >= 11 is 0. The largest absolute Gasteiger partial charge is 0.301 e. The van der Waals surface area contributed by atoms with E-state index in [1.54, 1.807) is 6.42 Å². The Hall–Kier alpha value is -0.0800. The number of hydrogen-bond acceptors (Lipinski definition) is 2. The smallest absolute Gasteiger partial charge is 0.0127 e. The third kappa shape index (κ3) is 2.53. The topological polar surface area (TPSA) is 6.48 Å². The Morgan fingerprint density at radius 1 is 1.00 bits per heavy atom. The highest BCUT2D eigenvalue weighted by Crippen LogP contribution is 2.46. The predicted molar refractivity (Wildman–Crippen MR) is 72.1 cm³/mol. The number of rotatable bonds is 3. The molecule has 0 amide bonds. The Kier molecular flexibility index (Phi) is 3.45. The third-order valence-electron chi connectivity index (χ3n) is 5.20. The van der Waals surface area contributed by atoms with Crippen LogP contribution in [0.5, 0.6) is 0 Å². The van der Waals surface area contributed by atoms with Crippen molar-refractivity contribution in [3.8, 4) is 0 Å². The maximum Gasteiger partial charge on any atom is 0.0127 e. The lowest BCUT2D eigenvalue weighted by molar-refractivity contribution is 0.0662. The van der Waals surface area contributed by atoms with Crippen molar-refractivity contribution >= 4 is 0 Å². The van der Waals surface area contributed by atoms with Gasteiger partial charge in [0.25, 0.3) is 0 Å². The molecular formula is C15H28N2. The zero-order chi connectivity index (χ0) is 11.8. The van der Waals surface area contributed by atoms with E-state index in [-0.39, 0.29) is 0 Å². The van der Waals surface area contributed by atoms with Gasteiger partial charge in [-0.2, -0.15) is 0 Å². The standard InChI is InChI=1S/C15H28N2/c1-12(2)11-16-5-7-17(8-6-16)15-10-13-3-4-14(15)9-13/h12-15H,3-11H2,1-2H3. The van der Waals surface area contributed by atoms with E-state index in [4.69, 9.17) is 0 Å². The molecule has 2 saturated carbocycles. The normalized spacial score (nSPS) is 39.4. The monoisotopic (exact) mass is 236 g/mol. The molecule has 0 aromatic heterocycles. The lowest BCUT2D eigenvalue weighted by Gasteiger charge is -2.41. The van der Waals surface area contributed by atoms with E-state index >= 15 is 0 Å². The van der Waals surface area contributed by atoms with Gasteiger partial charge in [-0.15, -0.1) is 0 Å². The summed E-state index contributed by atoms with van der Waals surface area (Å²) in [5.74, 6) is 2.99. The van der Waals surface area contributed by atoms with Gasteiger partial charge in [-0.25, -0.2) is 0 Å². The molecule has 0 aromatic rings. The predicted octanol–water partition coefficient (Wildman–Crippen LogP) is 2.45. The minimum atomic E-state index is 0.823. The van der Waals surface area contributed by atoms with Crippen LogP contribution >= 0.6 is 0 Å². The molecule has 2 aliphatic carbocycles. The molecule has 1 saturated heterocycles. The Bertz CT molecular complexity index is 256. The molecule has 3 rings (SSSR count). The van der Waals surface area contributed by atoms with Crippen LogP contribution in [0.1, 0.15) is 39.5 Å². The molecule has 2 heteroatoms. The minimum absolute atomic E-state index is 0.823. The van der Waals surface area contributed by atoms with Crippen LogP contribution < -0.4 is 0 Å². The summed E-state index contributed by atoms with van der Waals surface area (Å²) in [4.78, 5) is 5.48. The number of piperazine rings is 1. The average molecular weight is 236 g/mol. The molecule has 0 aromatic carbocycles. The molecule has 1 aliphatic heterocycles. The van der Waals surface area contributed by atoms with Gasteiger partial charge in [-0.3, -0.25) is 4.90 Å². The van der Waals surface area contributed by atoms with Crippen LogP contribution in [0.25, 0.3) is 0 Å². The van der Waals surface area contributed by atoms with E-state index in [1.807, 2.05) is 0 Å². The van der Waals surface area contributed by atoms with Crippen molar-refractivity contribution in [2.75, 3.05) is 32.7 Å². The van der Waals surface area contributed by atoms with Crippen LogP contribution in [0.15, 0.2) is 0 Å². The Labute approximate surface area is 106 Å². The van der Waals surface area contributed by atoms with E-state index in [0.717, 1.165) is 23.8 Å². The zero-order valence-corrected chi connectivity index (χ0v) is 11.6. The molecular weight excluding hydrogens is 208 g/mol. The molecule has 3 unspecified atom stereocenters. The fraction of sp³-hybridized carbons (Fsp3) is 1.00. The number of hydrogen-bond donors (Lipinski definition) is 0. The summed E-state index contributed by atoms with van der Waals surface area (Å²) < 4.78 is 0. The summed E-state index contributed by atoms with van der Waals surface area (Å²) in [6, 6.07) is 0.968. The summed E-state index contributed by atoms with van der Waals surface area (Å²) in [6.45, 7) is 11.3. The first kappa shape index (κ1) is 12.0. The quantitative estimate of drug-likeness (QED) is 0.742. The molecule has 2 bridgehead atoms. The second-order valence-electron chi connectivity index (χ2n) is 6.97. The van der Waals surface area contributed by atoms with Crippen molar-refractivity contribution in [2.24, 2.45) is 17.8 Å². The minimum Gasteiger partial charge on any atom is -0.301 e. The lowest BCUT2D eigenvalue weighted by Crippen LogP contribution is -2.52. The molecule has 1 heterocycles. The second kappa shape index (κ2) is 4.89.